The maximum absolute atomic E-state index is 13.8. The van der Waals surface area contributed by atoms with E-state index < -0.39 is 12.0 Å². The highest BCUT2D eigenvalue weighted by Gasteiger charge is 2.27. The first-order valence-corrected chi connectivity index (χ1v) is 12.5. The van der Waals surface area contributed by atoms with Gasteiger partial charge in [-0.15, -0.1) is 0 Å². The van der Waals surface area contributed by atoms with Crippen LogP contribution in [0.1, 0.15) is 49.7 Å². The molecule has 0 fully saturated rings. The molecule has 37 heavy (non-hydrogen) atoms. The Morgan fingerprint density at radius 2 is 1.70 bits per heavy atom. The van der Waals surface area contributed by atoms with Gasteiger partial charge in [0.25, 0.3) is 5.56 Å². The van der Waals surface area contributed by atoms with Crippen molar-refractivity contribution in [2.75, 3.05) is 6.61 Å². The molecular formula is C30H31N3O4. The van der Waals surface area contributed by atoms with E-state index in [1.54, 1.807) is 28.5 Å². The van der Waals surface area contributed by atoms with Crippen molar-refractivity contribution in [3.05, 3.63) is 106 Å². The van der Waals surface area contributed by atoms with E-state index >= 15 is 0 Å². The molecule has 1 aromatic heterocycles. The maximum atomic E-state index is 13.8. The Morgan fingerprint density at radius 1 is 0.973 bits per heavy atom. The summed E-state index contributed by atoms with van der Waals surface area (Å²) >= 11 is 0. The molecule has 0 N–H and O–H groups in total. The lowest BCUT2D eigenvalue weighted by atomic mass is 10.1. The predicted molar refractivity (Wildman–Crippen MR) is 143 cm³/mol. The third-order valence-corrected chi connectivity index (χ3v) is 6.27. The molecule has 1 amide bonds. The van der Waals surface area contributed by atoms with Crippen molar-refractivity contribution in [1.82, 2.24) is 14.5 Å². The number of ether oxygens (including phenoxy) is 1. The lowest BCUT2D eigenvalue weighted by molar-refractivity contribution is -0.146. The SMILES string of the molecule is CCOC(=O)CCC(=O)N(Cc1ccccc1)C(C)c1nc2ccccc2c(=O)n1-c1cccc(C)c1. The number of aryl methyl sites for hydroxylation is 1. The molecule has 0 aliphatic heterocycles. The lowest BCUT2D eigenvalue weighted by Gasteiger charge is -2.31. The van der Waals surface area contributed by atoms with Crippen LogP contribution in [0.2, 0.25) is 0 Å². The van der Waals surface area contributed by atoms with Gasteiger partial charge in [-0.25, -0.2) is 4.98 Å². The first kappa shape index (κ1) is 25.8. The van der Waals surface area contributed by atoms with Crippen molar-refractivity contribution in [3.8, 4) is 5.69 Å². The summed E-state index contributed by atoms with van der Waals surface area (Å²) in [5.74, 6) is -0.180. The van der Waals surface area contributed by atoms with E-state index in [0.717, 1.165) is 11.1 Å². The number of fused-ring (bicyclic) bond motifs is 1. The van der Waals surface area contributed by atoms with E-state index in [2.05, 4.69) is 0 Å². The smallest absolute Gasteiger partial charge is 0.306 e. The van der Waals surface area contributed by atoms with Crippen LogP contribution in [0.3, 0.4) is 0 Å². The van der Waals surface area contributed by atoms with Crippen LogP contribution < -0.4 is 5.56 Å². The monoisotopic (exact) mass is 497 g/mol. The summed E-state index contributed by atoms with van der Waals surface area (Å²) < 4.78 is 6.61. The van der Waals surface area contributed by atoms with Gasteiger partial charge in [-0.2, -0.15) is 0 Å². The number of aromatic nitrogens is 2. The van der Waals surface area contributed by atoms with Gasteiger partial charge in [0.2, 0.25) is 5.91 Å². The molecule has 4 aromatic rings. The molecule has 1 unspecified atom stereocenters. The minimum absolute atomic E-state index is 0.00172. The van der Waals surface area contributed by atoms with E-state index in [4.69, 9.17) is 9.72 Å². The minimum Gasteiger partial charge on any atom is -0.466 e. The number of hydrogen-bond acceptors (Lipinski definition) is 5. The van der Waals surface area contributed by atoms with Crippen molar-refractivity contribution in [2.24, 2.45) is 0 Å². The molecule has 0 radical (unpaired) electrons. The summed E-state index contributed by atoms with van der Waals surface area (Å²) in [6.45, 7) is 6.14. The highest BCUT2D eigenvalue weighted by Crippen LogP contribution is 2.26. The summed E-state index contributed by atoms with van der Waals surface area (Å²) in [4.78, 5) is 45.8. The summed E-state index contributed by atoms with van der Waals surface area (Å²) in [5, 5.41) is 0.503. The molecule has 1 atom stereocenters. The van der Waals surface area contributed by atoms with Gasteiger partial charge in [-0.1, -0.05) is 54.6 Å². The van der Waals surface area contributed by atoms with Gasteiger partial charge in [0.05, 0.1) is 35.7 Å². The van der Waals surface area contributed by atoms with Gasteiger partial charge in [0.15, 0.2) is 0 Å². The fraction of sp³-hybridized carbons (Fsp3) is 0.267. The van der Waals surface area contributed by atoms with Crippen molar-refractivity contribution >= 4 is 22.8 Å². The number of amides is 1. The van der Waals surface area contributed by atoms with Crippen molar-refractivity contribution in [3.63, 3.8) is 0 Å². The second kappa shape index (κ2) is 11.6. The topological polar surface area (TPSA) is 81.5 Å². The quantitative estimate of drug-likeness (QED) is 0.300. The molecule has 0 aliphatic rings. The fourth-order valence-corrected chi connectivity index (χ4v) is 4.39. The average Bonchev–Trinajstić information content (AvgIpc) is 2.90. The van der Waals surface area contributed by atoms with Crippen molar-refractivity contribution in [1.29, 1.82) is 0 Å². The predicted octanol–water partition coefficient (Wildman–Crippen LogP) is 5.13. The standard InChI is InChI=1S/C30H31N3O4/c1-4-37-28(35)18-17-27(34)32(20-23-12-6-5-7-13-23)22(3)29-31-26-16-9-8-15-25(26)30(36)33(29)24-14-10-11-21(2)19-24/h5-16,19,22H,4,17-18,20H2,1-3H3. The molecule has 7 nitrogen and oxygen atoms in total. The van der Waals surface area contributed by atoms with E-state index in [0.29, 0.717) is 29.0 Å². The summed E-state index contributed by atoms with van der Waals surface area (Å²) in [6.07, 6.45) is -0.0151. The number of para-hydroxylation sites is 1. The van der Waals surface area contributed by atoms with Gasteiger partial charge in [-0.05, 0) is 56.2 Å². The Labute approximate surface area is 216 Å². The molecule has 0 saturated heterocycles. The Kier molecular flexibility index (Phi) is 8.13. The van der Waals surface area contributed by atoms with Gasteiger partial charge in [0, 0.05) is 13.0 Å². The zero-order valence-electron chi connectivity index (χ0n) is 21.4. The van der Waals surface area contributed by atoms with Crippen LogP contribution in [-0.4, -0.2) is 32.9 Å². The van der Waals surface area contributed by atoms with Gasteiger partial charge >= 0.3 is 5.97 Å². The highest BCUT2D eigenvalue weighted by molar-refractivity contribution is 5.82. The number of nitrogens with zero attached hydrogens (tertiary/aromatic N) is 3. The Hall–Kier alpha value is -4.26. The third-order valence-electron chi connectivity index (χ3n) is 6.27. The van der Waals surface area contributed by atoms with E-state index in [-0.39, 0.29) is 30.9 Å². The molecule has 190 valence electrons. The number of rotatable bonds is 9. The normalized spacial score (nSPS) is 11.8. The second-order valence-electron chi connectivity index (χ2n) is 8.95. The number of benzene rings is 3. The molecule has 3 aromatic carbocycles. The summed E-state index contributed by atoms with van der Waals surface area (Å²) in [5.41, 5.74) is 2.99. The molecule has 7 heteroatoms. The van der Waals surface area contributed by atoms with Crippen LogP contribution >= 0.6 is 0 Å². The molecule has 4 rings (SSSR count). The average molecular weight is 498 g/mol. The first-order valence-electron chi connectivity index (χ1n) is 12.5. The van der Waals surface area contributed by atoms with Crippen molar-refractivity contribution < 1.29 is 14.3 Å². The van der Waals surface area contributed by atoms with Crippen molar-refractivity contribution in [2.45, 2.75) is 46.2 Å². The fourth-order valence-electron chi connectivity index (χ4n) is 4.39. The van der Waals surface area contributed by atoms with Crippen LogP contribution in [-0.2, 0) is 20.9 Å². The Bertz CT molecular complexity index is 1460. The minimum atomic E-state index is -0.562. The molecular weight excluding hydrogens is 466 g/mol. The van der Waals surface area contributed by atoms with E-state index in [9.17, 15) is 14.4 Å². The van der Waals surface area contributed by atoms with Crippen LogP contribution in [0.15, 0.2) is 83.7 Å². The highest BCUT2D eigenvalue weighted by atomic mass is 16.5. The van der Waals surface area contributed by atoms with Crippen LogP contribution in [0, 0.1) is 6.92 Å². The summed E-state index contributed by atoms with van der Waals surface area (Å²) in [6, 6.07) is 23.9. The maximum Gasteiger partial charge on any atom is 0.306 e. The third kappa shape index (κ3) is 5.94. The van der Waals surface area contributed by atoms with E-state index in [1.807, 2.05) is 80.6 Å². The number of esters is 1. The van der Waals surface area contributed by atoms with Crippen LogP contribution in [0.5, 0.6) is 0 Å². The largest absolute Gasteiger partial charge is 0.466 e. The lowest BCUT2D eigenvalue weighted by Crippen LogP contribution is -2.37. The molecule has 0 spiro atoms. The van der Waals surface area contributed by atoms with Gasteiger partial charge in [0.1, 0.15) is 5.82 Å². The zero-order chi connectivity index (χ0) is 26.4. The van der Waals surface area contributed by atoms with E-state index in [1.165, 1.54) is 0 Å². The zero-order valence-corrected chi connectivity index (χ0v) is 21.4. The molecule has 0 bridgehead atoms. The van der Waals surface area contributed by atoms with Gasteiger partial charge in [-0.3, -0.25) is 19.0 Å². The summed E-state index contributed by atoms with van der Waals surface area (Å²) in [7, 11) is 0. The molecule has 0 aliphatic carbocycles. The Balaban J connectivity index is 1.82. The van der Waals surface area contributed by atoms with Crippen LogP contribution in [0.4, 0.5) is 0 Å². The molecule has 1 heterocycles. The van der Waals surface area contributed by atoms with Gasteiger partial charge < -0.3 is 9.64 Å². The molecule has 0 saturated carbocycles. The Morgan fingerprint density at radius 3 is 2.43 bits per heavy atom. The van der Waals surface area contributed by atoms with Crippen LogP contribution in [0.25, 0.3) is 16.6 Å². The second-order valence-corrected chi connectivity index (χ2v) is 8.95. The first-order chi connectivity index (χ1) is 17.9. The number of carbonyl (C=O) groups is 2. The number of carbonyl (C=O) groups excluding carboxylic acids is 2. The number of hydrogen-bond donors (Lipinski definition) is 0.